The van der Waals surface area contributed by atoms with Gasteiger partial charge in [0.2, 0.25) is 15.9 Å². The molecule has 9 heteroatoms. The maximum atomic E-state index is 12.6. The van der Waals surface area contributed by atoms with E-state index >= 15 is 0 Å². The van der Waals surface area contributed by atoms with Crippen molar-refractivity contribution in [1.82, 2.24) is 9.21 Å². The first-order valence-corrected chi connectivity index (χ1v) is 11.0. The summed E-state index contributed by atoms with van der Waals surface area (Å²) in [7, 11) is -3.50. The molecular weight excluding hydrogens is 382 g/mol. The lowest BCUT2D eigenvalue weighted by molar-refractivity contribution is -0.904. The molecule has 0 aliphatic carbocycles. The summed E-state index contributed by atoms with van der Waals surface area (Å²) < 4.78 is 31.9. The first-order chi connectivity index (χ1) is 13.5. The molecule has 8 nitrogen and oxygen atoms in total. The van der Waals surface area contributed by atoms with Crippen LogP contribution in [0.4, 0.5) is 0 Å². The zero-order valence-electron chi connectivity index (χ0n) is 15.9. The van der Waals surface area contributed by atoms with Crippen LogP contribution < -0.4 is 4.90 Å². The first kappa shape index (κ1) is 20.9. The minimum Gasteiger partial charge on any atom is -0.391 e. The molecule has 0 unspecified atom stereocenters. The van der Waals surface area contributed by atoms with Crippen molar-refractivity contribution >= 4 is 22.0 Å². The van der Waals surface area contributed by atoms with Crippen molar-refractivity contribution in [2.24, 2.45) is 0 Å². The molecule has 2 fully saturated rings. The van der Waals surface area contributed by atoms with Crippen LogP contribution in [0.5, 0.6) is 0 Å². The number of hydrogen-bond acceptors (Lipinski definition) is 5. The molecule has 2 saturated heterocycles. The average Bonchev–Trinajstić information content (AvgIpc) is 2.74. The van der Waals surface area contributed by atoms with Gasteiger partial charge < -0.3 is 19.6 Å². The van der Waals surface area contributed by atoms with Crippen LogP contribution in [0.3, 0.4) is 0 Å². The number of aliphatic hydroxyl groups is 1. The molecule has 0 radical (unpaired) electrons. The van der Waals surface area contributed by atoms with Crippen LogP contribution in [0.1, 0.15) is 5.56 Å². The van der Waals surface area contributed by atoms with Crippen molar-refractivity contribution in [2.45, 2.75) is 4.90 Å². The predicted octanol–water partition coefficient (Wildman–Crippen LogP) is -1.56. The molecule has 154 valence electrons. The number of sulfonamides is 1. The number of nitrogens with one attached hydrogen (secondary N) is 1. The quantitative estimate of drug-likeness (QED) is 0.554. The second-order valence-electron chi connectivity index (χ2n) is 6.97. The topological polar surface area (TPSA) is 91.6 Å². The summed E-state index contributed by atoms with van der Waals surface area (Å²) in [6.45, 7) is 5.48. The third-order valence-electron chi connectivity index (χ3n) is 5.15. The Morgan fingerprint density at radius 1 is 1.11 bits per heavy atom. The number of quaternary nitrogens is 1. The van der Waals surface area contributed by atoms with E-state index in [0.29, 0.717) is 39.4 Å². The molecule has 0 bridgehead atoms. The van der Waals surface area contributed by atoms with Gasteiger partial charge in [-0.1, -0.05) is 12.1 Å². The van der Waals surface area contributed by atoms with Gasteiger partial charge in [-0.3, -0.25) is 4.79 Å². The minimum absolute atomic E-state index is 0.0481. The van der Waals surface area contributed by atoms with Gasteiger partial charge in [-0.15, -0.1) is 0 Å². The summed E-state index contributed by atoms with van der Waals surface area (Å²) in [6, 6.07) is 6.57. The molecule has 2 aliphatic rings. The number of carbonyl (C=O) groups excluding carboxylic acids is 1. The lowest BCUT2D eigenvalue weighted by Crippen LogP contribution is -3.15. The number of aliphatic hydroxyl groups excluding tert-OH is 1. The molecule has 1 aromatic rings. The second kappa shape index (κ2) is 9.62. The SMILES string of the molecule is O=C(/C=C/c1ccc(S(=O)(=O)N2CCOCC2)cc1)N1CC[NH+](CCO)CC1. The van der Waals surface area contributed by atoms with Crippen molar-refractivity contribution in [2.75, 3.05) is 65.6 Å². The van der Waals surface area contributed by atoms with Crippen LogP contribution in [0.2, 0.25) is 0 Å². The number of carbonyl (C=O) groups is 1. The molecule has 2 heterocycles. The largest absolute Gasteiger partial charge is 0.391 e. The zero-order chi connectivity index (χ0) is 20.0. The molecule has 1 aromatic carbocycles. The van der Waals surface area contributed by atoms with Crippen molar-refractivity contribution < 1.29 is 28.0 Å². The number of hydrogen-bond donors (Lipinski definition) is 2. The Labute approximate surface area is 166 Å². The number of morpholine rings is 1. The molecule has 1 amide bonds. The maximum Gasteiger partial charge on any atom is 0.246 e. The van der Waals surface area contributed by atoms with Gasteiger partial charge in [0.15, 0.2) is 0 Å². The standard InChI is InChI=1S/C19H27N3O5S/c23-14-11-20-7-9-21(10-8-20)19(24)6-3-17-1-4-18(5-2-17)28(25,26)22-12-15-27-16-13-22/h1-6,23H,7-16H2/p+1/b6-3+. The lowest BCUT2D eigenvalue weighted by Gasteiger charge is -2.31. The van der Waals surface area contributed by atoms with Gasteiger partial charge in [0, 0.05) is 19.2 Å². The lowest BCUT2D eigenvalue weighted by atomic mass is 10.2. The number of benzene rings is 1. The molecule has 0 saturated carbocycles. The average molecular weight is 411 g/mol. The summed E-state index contributed by atoms with van der Waals surface area (Å²) in [4.78, 5) is 15.7. The number of rotatable bonds is 6. The van der Waals surface area contributed by atoms with Gasteiger partial charge in [0.25, 0.3) is 0 Å². The van der Waals surface area contributed by atoms with Crippen molar-refractivity contribution in [1.29, 1.82) is 0 Å². The fourth-order valence-corrected chi connectivity index (χ4v) is 4.82. The highest BCUT2D eigenvalue weighted by atomic mass is 32.2. The fourth-order valence-electron chi connectivity index (χ4n) is 3.41. The zero-order valence-corrected chi connectivity index (χ0v) is 16.7. The summed E-state index contributed by atoms with van der Waals surface area (Å²) in [5, 5.41) is 8.99. The van der Waals surface area contributed by atoms with E-state index < -0.39 is 10.0 Å². The molecule has 3 rings (SSSR count). The van der Waals surface area contributed by atoms with Gasteiger partial charge in [0.05, 0.1) is 50.9 Å². The summed E-state index contributed by atoms with van der Waals surface area (Å²) in [5.41, 5.74) is 0.777. The molecule has 2 N–H and O–H groups in total. The maximum absolute atomic E-state index is 12.6. The molecule has 0 aromatic heterocycles. The molecule has 28 heavy (non-hydrogen) atoms. The third-order valence-corrected chi connectivity index (χ3v) is 7.07. The summed E-state index contributed by atoms with van der Waals surface area (Å²) >= 11 is 0. The second-order valence-corrected chi connectivity index (χ2v) is 8.91. The number of ether oxygens (including phenoxy) is 1. The third kappa shape index (κ3) is 5.18. The predicted molar refractivity (Wildman–Crippen MR) is 104 cm³/mol. The highest BCUT2D eigenvalue weighted by molar-refractivity contribution is 7.89. The van der Waals surface area contributed by atoms with E-state index in [-0.39, 0.29) is 17.4 Å². The Hall–Kier alpha value is -1.78. The van der Waals surface area contributed by atoms with Gasteiger partial charge in [-0.05, 0) is 23.8 Å². The van der Waals surface area contributed by atoms with E-state index in [1.165, 1.54) is 15.3 Å². The fraction of sp³-hybridized carbons (Fsp3) is 0.526. The highest BCUT2D eigenvalue weighted by Gasteiger charge is 2.26. The van der Waals surface area contributed by atoms with E-state index in [4.69, 9.17) is 9.84 Å². The van der Waals surface area contributed by atoms with Crippen LogP contribution in [-0.4, -0.2) is 94.3 Å². The van der Waals surface area contributed by atoms with E-state index in [1.807, 2.05) is 0 Å². The van der Waals surface area contributed by atoms with Crippen LogP contribution in [0.15, 0.2) is 35.2 Å². The van der Waals surface area contributed by atoms with Crippen LogP contribution >= 0.6 is 0 Å². The van der Waals surface area contributed by atoms with E-state index in [1.54, 1.807) is 35.2 Å². The Morgan fingerprint density at radius 2 is 1.75 bits per heavy atom. The van der Waals surface area contributed by atoms with Crippen molar-refractivity contribution in [3.05, 3.63) is 35.9 Å². The summed E-state index contributed by atoms with van der Waals surface area (Å²) in [5.74, 6) is -0.0481. The molecule has 0 spiro atoms. The normalized spacial score (nSPS) is 20.0. The Kier molecular flexibility index (Phi) is 7.19. The molecular formula is C19H28N3O5S+. The van der Waals surface area contributed by atoms with Gasteiger partial charge >= 0.3 is 0 Å². The van der Waals surface area contributed by atoms with Gasteiger partial charge in [-0.2, -0.15) is 4.31 Å². The smallest absolute Gasteiger partial charge is 0.246 e. The molecule has 0 atom stereocenters. The highest BCUT2D eigenvalue weighted by Crippen LogP contribution is 2.18. The Balaban J connectivity index is 1.57. The number of amides is 1. The number of piperazine rings is 1. The van der Waals surface area contributed by atoms with Gasteiger partial charge in [0.1, 0.15) is 6.54 Å². The minimum atomic E-state index is -3.50. The van der Waals surface area contributed by atoms with E-state index in [2.05, 4.69) is 0 Å². The molecule has 2 aliphatic heterocycles. The van der Waals surface area contributed by atoms with Crippen molar-refractivity contribution in [3.8, 4) is 0 Å². The van der Waals surface area contributed by atoms with Crippen LogP contribution in [0, 0.1) is 0 Å². The van der Waals surface area contributed by atoms with E-state index in [9.17, 15) is 13.2 Å². The van der Waals surface area contributed by atoms with Crippen molar-refractivity contribution in [3.63, 3.8) is 0 Å². The van der Waals surface area contributed by atoms with E-state index in [0.717, 1.165) is 25.2 Å². The summed E-state index contributed by atoms with van der Waals surface area (Å²) in [6.07, 6.45) is 3.24. The Bertz CT molecular complexity index is 780. The van der Waals surface area contributed by atoms with Gasteiger partial charge in [-0.25, -0.2) is 8.42 Å². The Morgan fingerprint density at radius 3 is 2.36 bits per heavy atom. The monoisotopic (exact) mass is 410 g/mol. The van der Waals surface area contributed by atoms with Crippen LogP contribution in [0.25, 0.3) is 6.08 Å². The number of nitrogens with zero attached hydrogens (tertiary/aromatic N) is 2. The van der Waals surface area contributed by atoms with Crippen LogP contribution in [-0.2, 0) is 19.6 Å². The first-order valence-electron chi connectivity index (χ1n) is 9.60.